The number of rotatable bonds is 4. The minimum atomic E-state index is -0.487. The van der Waals surface area contributed by atoms with Crippen molar-refractivity contribution in [1.29, 1.82) is 0 Å². The fraction of sp³-hybridized carbons (Fsp3) is 0.571. The highest BCUT2D eigenvalue weighted by atomic mass is 19.1. The number of benzene rings is 1. The number of hydrogen-bond acceptors (Lipinski definition) is 4. The van der Waals surface area contributed by atoms with Gasteiger partial charge in [-0.15, -0.1) is 0 Å². The zero-order chi connectivity index (χ0) is 14.8. The fourth-order valence-electron chi connectivity index (χ4n) is 2.45. The molecule has 6 heteroatoms. The molecule has 0 atom stereocenters. The van der Waals surface area contributed by atoms with Crippen LogP contribution in [0.15, 0.2) is 18.2 Å². The van der Waals surface area contributed by atoms with Crippen molar-refractivity contribution in [2.45, 2.75) is 19.8 Å². The molecule has 1 aromatic rings. The third-order valence-electron chi connectivity index (χ3n) is 4.06. The summed E-state index contributed by atoms with van der Waals surface area (Å²) in [7, 11) is 2.09. The molecule has 0 radical (unpaired) electrons. The monoisotopic (exact) mass is 281 g/mol. The van der Waals surface area contributed by atoms with E-state index in [1.165, 1.54) is 12.1 Å². The number of anilines is 1. The molecule has 1 aliphatic rings. The van der Waals surface area contributed by atoms with E-state index in [0.29, 0.717) is 6.54 Å². The molecule has 0 unspecified atom stereocenters. The summed E-state index contributed by atoms with van der Waals surface area (Å²) in [6.07, 6.45) is 2.05. The molecular formula is C14H20FN3O2. The van der Waals surface area contributed by atoms with Crippen LogP contribution < -0.4 is 5.32 Å². The molecule has 1 saturated heterocycles. The van der Waals surface area contributed by atoms with E-state index in [0.717, 1.165) is 32.0 Å². The number of halogens is 1. The van der Waals surface area contributed by atoms with Crippen LogP contribution in [0.1, 0.15) is 19.8 Å². The lowest BCUT2D eigenvalue weighted by Crippen LogP contribution is -2.40. The summed E-state index contributed by atoms with van der Waals surface area (Å²) in [5, 5.41) is 14.0. The van der Waals surface area contributed by atoms with Crippen molar-refractivity contribution in [3.05, 3.63) is 34.1 Å². The van der Waals surface area contributed by atoms with Crippen molar-refractivity contribution < 1.29 is 9.31 Å². The lowest BCUT2D eigenvalue weighted by molar-refractivity contribution is -0.384. The third kappa shape index (κ3) is 3.45. The Balaban J connectivity index is 2.07. The summed E-state index contributed by atoms with van der Waals surface area (Å²) >= 11 is 0. The average molecular weight is 281 g/mol. The van der Waals surface area contributed by atoms with Gasteiger partial charge in [-0.05, 0) is 44.5 Å². The van der Waals surface area contributed by atoms with Crippen LogP contribution in [0.2, 0.25) is 0 Å². The molecule has 1 aromatic carbocycles. The van der Waals surface area contributed by atoms with E-state index in [4.69, 9.17) is 0 Å². The van der Waals surface area contributed by atoms with Gasteiger partial charge in [-0.2, -0.15) is 0 Å². The molecule has 2 rings (SSSR count). The van der Waals surface area contributed by atoms with E-state index >= 15 is 0 Å². The number of piperidine rings is 1. The molecule has 20 heavy (non-hydrogen) atoms. The van der Waals surface area contributed by atoms with E-state index in [9.17, 15) is 14.5 Å². The standard InChI is InChI=1S/C14H20FN3O2/c1-14(5-7-17(2)8-6-14)10-16-12-9-11(15)3-4-13(12)18(19)20/h3-4,9,16H,5-8,10H2,1-2H3. The van der Waals surface area contributed by atoms with Crippen molar-refractivity contribution in [3.63, 3.8) is 0 Å². The van der Waals surface area contributed by atoms with Crippen LogP contribution in [0.4, 0.5) is 15.8 Å². The first-order valence-electron chi connectivity index (χ1n) is 6.76. The topological polar surface area (TPSA) is 58.4 Å². The Morgan fingerprint density at radius 1 is 1.45 bits per heavy atom. The van der Waals surface area contributed by atoms with E-state index in [-0.39, 0.29) is 16.8 Å². The number of nitro groups is 1. The lowest BCUT2D eigenvalue weighted by atomic mass is 9.80. The number of nitrogens with zero attached hydrogens (tertiary/aromatic N) is 2. The fourth-order valence-corrected chi connectivity index (χ4v) is 2.45. The van der Waals surface area contributed by atoms with E-state index in [1.807, 2.05) is 0 Å². The van der Waals surface area contributed by atoms with Gasteiger partial charge in [0, 0.05) is 18.7 Å². The second-order valence-corrected chi connectivity index (χ2v) is 5.89. The minimum absolute atomic E-state index is 0.0806. The number of nitro benzene ring substituents is 1. The maximum atomic E-state index is 13.3. The van der Waals surface area contributed by atoms with Crippen molar-refractivity contribution in [2.24, 2.45) is 5.41 Å². The van der Waals surface area contributed by atoms with Gasteiger partial charge in [-0.25, -0.2) is 4.39 Å². The minimum Gasteiger partial charge on any atom is -0.379 e. The van der Waals surface area contributed by atoms with Crippen molar-refractivity contribution in [1.82, 2.24) is 4.90 Å². The largest absolute Gasteiger partial charge is 0.379 e. The van der Waals surface area contributed by atoms with E-state index in [2.05, 4.69) is 24.2 Å². The van der Waals surface area contributed by atoms with Gasteiger partial charge < -0.3 is 10.2 Å². The third-order valence-corrected chi connectivity index (χ3v) is 4.06. The molecule has 1 N–H and O–H groups in total. The van der Waals surface area contributed by atoms with Crippen molar-refractivity contribution in [3.8, 4) is 0 Å². The summed E-state index contributed by atoms with van der Waals surface area (Å²) < 4.78 is 13.3. The first kappa shape index (κ1) is 14.7. The highest BCUT2D eigenvalue weighted by Crippen LogP contribution is 2.32. The normalized spacial score (nSPS) is 18.8. The Labute approximate surface area is 117 Å². The van der Waals surface area contributed by atoms with Crippen LogP contribution in [0.3, 0.4) is 0 Å². The molecule has 0 spiro atoms. The molecule has 1 heterocycles. The molecule has 0 amide bonds. The number of likely N-dealkylation sites (tertiary alicyclic amines) is 1. The van der Waals surface area contributed by atoms with Gasteiger partial charge in [0.15, 0.2) is 0 Å². The summed E-state index contributed by atoms with van der Waals surface area (Å²) in [5.74, 6) is -0.466. The SMILES string of the molecule is CN1CCC(C)(CNc2cc(F)ccc2[N+](=O)[O-])CC1. The Bertz CT molecular complexity index is 499. The molecule has 0 aromatic heterocycles. The van der Waals surface area contributed by atoms with Crippen LogP contribution in [-0.2, 0) is 0 Å². The maximum absolute atomic E-state index is 13.3. The van der Waals surface area contributed by atoms with Crippen molar-refractivity contribution in [2.75, 3.05) is 32.0 Å². The van der Waals surface area contributed by atoms with Crippen LogP contribution in [-0.4, -0.2) is 36.5 Å². The highest BCUT2D eigenvalue weighted by Gasteiger charge is 2.29. The molecule has 1 aliphatic heterocycles. The van der Waals surface area contributed by atoms with Gasteiger partial charge in [0.1, 0.15) is 11.5 Å². The zero-order valence-corrected chi connectivity index (χ0v) is 11.9. The van der Waals surface area contributed by atoms with Crippen LogP contribution in [0, 0.1) is 21.3 Å². The zero-order valence-electron chi connectivity index (χ0n) is 11.9. The number of hydrogen-bond donors (Lipinski definition) is 1. The Morgan fingerprint density at radius 2 is 2.10 bits per heavy atom. The Hall–Kier alpha value is -1.69. The summed E-state index contributed by atoms with van der Waals surface area (Å²) in [4.78, 5) is 12.7. The highest BCUT2D eigenvalue weighted by molar-refractivity contribution is 5.61. The van der Waals surface area contributed by atoms with Gasteiger partial charge in [0.05, 0.1) is 4.92 Å². The first-order chi connectivity index (χ1) is 9.39. The predicted octanol–water partition coefficient (Wildman–Crippen LogP) is 2.88. The maximum Gasteiger partial charge on any atom is 0.292 e. The predicted molar refractivity (Wildman–Crippen MR) is 76.4 cm³/mol. The summed E-state index contributed by atoms with van der Waals surface area (Å²) in [5.41, 5.74) is 0.269. The van der Waals surface area contributed by atoms with Gasteiger partial charge in [-0.3, -0.25) is 10.1 Å². The molecule has 1 fully saturated rings. The van der Waals surface area contributed by atoms with Gasteiger partial charge >= 0.3 is 0 Å². The Kier molecular flexibility index (Phi) is 4.23. The summed E-state index contributed by atoms with van der Waals surface area (Å²) in [6, 6.07) is 3.51. The number of nitrogens with one attached hydrogen (secondary N) is 1. The average Bonchev–Trinajstić information content (AvgIpc) is 2.40. The summed E-state index contributed by atoms with van der Waals surface area (Å²) in [6.45, 7) is 4.82. The first-order valence-corrected chi connectivity index (χ1v) is 6.76. The van der Waals surface area contributed by atoms with Gasteiger partial charge in [0.25, 0.3) is 5.69 Å². The van der Waals surface area contributed by atoms with Crippen LogP contribution in [0.25, 0.3) is 0 Å². The van der Waals surface area contributed by atoms with Crippen LogP contribution in [0.5, 0.6) is 0 Å². The molecule has 0 aliphatic carbocycles. The van der Waals surface area contributed by atoms with Crippen LogP contribution >= 0.6 is 0 Å². The van der Waals surface area contributed by atoms with E-state index < -0.39 is 10.7 Å². The molecule has 0 saturated carbocycles. The Morgan fingerprint density at radius 3 is 2.70 bits per heavy atom. The van der Waals surface area contributed by atoms with Gasteiger partial charge in [0.2, 0.25) is 0 Å². The molecular weight excluding hydrogens is 261 g/mol. The second kappa shape index (κ2) is 5.75. The molecule has 5 nitrogen and oxygen atoms in total. The van der Waals surface area contributed by atoms with E-state index in [1.54, 1.807) is 0 Å². The van der Waals surface area contributed by atoms with Gasteiger partial charge in [-0.1, -0.05) is 6.92 Å². The molecule has 0 bridgehead atoms. The smallest absolute Gasteiger partial charge is 0.292 e. The quantitative estimate of drug-likeness (QED) is 0.681. The lowest BCUT2D eigenvalue weighted by Gasteiger charge is -2.38. The molecule has 110 valence electrons. The van der Waals surface area contributed by atoms with Crippen molar-refractivity contribution >= 4 is 11.4 Å². The second-order valence-electron chi connectivity index (χ2n) is 5.89.